The molecule has 2 rings (SSSR count). The van der Waals surface area contributed by atoms with E-state index in [0.717, 1.165) is 6.07 Å². The van der Waals surface area contributed by atoms with Gasteiger partial charge in [0, 0.05) is 0 Å². The standard InChI is InChI=1S/C12H10BFO3/c14-10-7-4-8-11(12(10)13(15)16)17-9-5-2-1-3-6-9/h1-8,15-16H. The summed E-state index contributed by atoms with van der Waals surface area (Å²) in [5.74, 6) is -0.125. The molecule has 0 aromatic heterocycles. The van der Waals surface area contributed by atoms with Crippen LogP contribution in [0.1, 0.15) is 0 Å². The molecule has 0 bridgehead atoms. The van der Waals surface area contributed by atoms with E-state index >= 15 is 0 Å². The maximum atomic E-state index is 13.4. The number of halogens is 1. The molecule has 5 heteroatoms. The monoisotopic (exact) mass is 232 g/mol. The molecule has 0 amide bonds. The smallest absolute Gasteiger partial charge is 0.458 e. The maximum Gasteiger partial charge on any atom is 0.495 e. The molecule has 86 valence electrons. The van der Waals surface area contributed by atoms with Gasteiger partial charge >= 0.3 is 7.12 Å². The van der Waals surface area contributed by atoms with Gasteiger partial charge in [0.25, 0.3) is 0 Å². The molecule has 0 heterocycles. The van der Waals surface area contributed by atoms with Crippen LogP contribution in [-0.2, 0) is 0 Å². The molecule has 2 aromatic rings. The molecule has 0 fully saturated rings. The minimum Gasteiger partial charge on any atom is -0.458 e. The summed E-state index contributed by atoms with van der Waals surface area (Å²) >= 11 is 0. The molecule has 0 saturated heterocycles. The van der Waals surface area contributed by atoms with Crippen molar-refractivity contribution < 1.29 is 19.2 Å². The Hall–Kier alpha value is -1.85. The molecule has 3 nitrogen and oxygen atoms in total. The Labute approximate surface area is 98.2 Å². The van der Waals surface area contributed by atoms with Gasteiger partial charge in [0.15, 0.2) is 0 Å². The number of hydrogen-bond donors (Lipinski definition) is 2. The third kappa shape index (κ3) is 2.64. The number of para-hydroxylation sites is 1. The van der Waals surface area contributed by atoms with Crippen LogP contribution >= 0.6 is 0 Å². The summed E-state index contributed by atoms with van der Waals surface area (Å²) in [6.45, 7) is 0. The Bertz CT molecular complexity index is 502. The molecule has 17 heavy (non-hydrogen) atoms. The van der Waals surface area contributed by atoms with Crippen molar-refractivity contribution in [3.05, 3.63) is 54.3 Å². The highest BCUT2D eigenvalue weighted by Crippen LogP contribution is 2.20. The fourth-order valence-electron chi connectivity index (χ4n) is 1.47. The minimum atomic E-state index is -1.91. The number of rotatable bonds is 3. The third-order valence-corrected chi connectivity index (χ3v) is 2.24. The van der Waals surface area contributed by atoms with Crippen molar-refractivity contribution in [2.75, 3.05) is 0 Å². The molecule has 0 aliphatic heterocycles. The van der Waals surface area contributed by atoms with E-state index in [-0.39, 0.29) is 11.2 Å². The molecule has 2 aromatic carbocycles. The molecule has 0 unspecified atom stereocenters. The molecule has 0 aliphatic carbocycles. The third-order valence-electron chi connectivity index (χ3n) is 2.24. The second-order valence-electron chi connectivity index (χ2n) is 3.44. The predicted molar refractivity (Wildman–Crippen MR) is 62.7 cm³/mol. The average Bonchev–Trinajstić information content (AvgIpc) is 2.30. The van der Waals surface area contributed by atoms with Crippen molar-refractivity contribution in [1.29, 1.82) is 0 Å². The first-order chi connectivity index (χ1) is 8.18. The molecular formula is C12H10BFO3. The summed E-state index contributed by atoms with van der Waals surface area (Å²) in [6.07, 6.45) is 0. The Balaban J connectivity index is 2.36. The Kier molecular flexibility index (Phi) is 3.42. The highest BCUT2D eigenvalue weighted by molar-refractivity contribution is 6.59. The zero-order valence-corrected chi connectivity index (χ0v) is 8.88. The van der Waals surface area contributed by atoms with Gasteiger partial charge in [0.1, 0.15) is 17.3 Å². The first-order valence-electron chi connectivity index (χ1n) is 5.06. The van der Waals surface area contributed by atoms with Gasteiger partial charge in [-0.25, -0.2) is 4.39 Å². The Morgan fingerprint density at radius 3 is 2.29 bits per heavy atom. The summed E-state index contributed by atoms with van der Waals surface area (Å²) in [5, 5.41) is 18.2. The van der Waals surface area contributed by atoms with Crippen molar-refractivity contribution in [3.63, 3.8) is 0 Å². The number of hydrogen-bond acceptors (Lipinski definition) is 3. The molecule has 0 radical (unpaired) electrons. The van der Waals surface area contributed by atoms with E-state index in [1.165, 1.54) is 12.1 Å². The van der Waals surface area contributed by atoms with Crippen LogP contribution in [0.4, 0.5) is 4.39 Å². The predicted octanol–water partition coefficient (Wildman–Crippen LogP) is 1.30. The van der Waals surface area contributed by atoms with Crippen molar-refractivity contribution in [2.45, 2.75) is 0 Å². The van der Waals surface area contributed by atoms with E-state index < -0.39 is 12.9 Å². The van der Waals surface area contributed by atoms with Crippen LogP contribution in [0.5, 0.6) is 11.5 Å². The van der Waals surface area contributed by atoms with Crippen LogP contribution in [0.3, 0.4) is 0 Å². The zero-order chi connectivity index (χ0) is 12.3. The highest BCUT2D eigenvalue weighted by atomic mass is 19.1. The van der Waals surface area contributed by atoms with Crippen LogP contribution in [0.2, 0.25) is 0 Å². The highest BCUT2D eigenvalue weighted by Gasteiger charge is 2.22. The Morgan fingerprint density at radius 1 is 0.941 bits per heavy atom. The fourth-order valence-corrected chi connectivity index (χ4v) is 1.47. The van der Waals surface area contributed by atoms with Crippen LogP contribution in [-0.4, -0.2) is 17.2 Å². The second kappa shape index (κ2) is 4.99. The van der Waals surface area contributed by atoms with Crippen LogP contribution in [0, 0.1) is 5.82 Å². The van der Waals surface area contributed by atoms with Crippen LogP contribution in [0.15, 0.2) is 48.5 Å². The van der Waals surface area contributed by atoms with Crippen molar-refractivity contribution in [1.82, 2.24) is 0 Å². The lowest BCUT2D eigenvalue weighted by molar-refractivity contribution is 0.417. The molecule has 0 aliphatic rings. The molecule has 0 saturated carbocycles. The van der Waals surface area contributed by atoms with E-state index in [1.807, 2.05) is 6.07 Å². The number of ether oxygens (including phenoxy) is 1. The average molecular weight is 232 g/mol. The summed E-state index contributed by atoms with van der Waals surface area (Å²) in [4.78, 5) is 0. The maximum absolute atomic E-state index is 13.4. The summed E-state index contributed by atoms with van der Waals surface area (Å²) in [5.41, 5.74) is -0.267. The molecular weight excluding hydrogens is 222 g/mol. The molecule has 2 N–H and O–H groups in total. The lowest BCUT2D eigenvalue weighted by Gasteiger charge is -2.11. The van der Waals surface area contributed by atoms with Gasteiger partial charge in [-0.05, 0) is 24.3 Å². The van der Waals surface area contributed by atoms with Crippen LogP contribution in [0.25, 0.3) is 0 Å². The van der Waals surface area contributed by atoms with E-state index in [0.29, 0.717) is 5.75 Å². The van der Waals surface area contributed by atoms with Gasteiger partial charge in [-0.2, -0.15) is 0 Å². The topological polar surface area (TPSA) is 49.7 Å². The van der Waals surface area contributed by atoms with Gasteiger partial charge in [0.2, 0.25) is 0 Å². The SMILES string of the molecule is OB(O)c1c(F)cccc1Oc1ccccc1. The lowest BCUT2D eigenvalue weighted by atomic mass is 9.79. The molecule has 0 atom stereocenters. The molecule has 0 spiro atoms. The largest absolute Gasteiger partial charge is 0.495 e. The van der Waals surface area contributed by atoms with Gasteiger partial charge < -0.3 is 14.8 Å². The van der Waals surface area contributed by atoms with Gasteiger partial charge in [0.05, 0.1) is 5.46 Å². The lowest BCUT2D eigenvalue weighted by Crippen LogP contribution is -2.33. The van der Waals surface area contributed by atoms with Gasteiger partial charge in [-0.3, -0.25) is 0 Å². The quantitative estimate of drug-likeness (QED) is 0.784. The number of benzene rings is 2. The zero-order valence-electron chi connectivity index (χ0n) is 8.88. The summed E-state index contributed by atoms with van der Waals surface area (Å²) < 4.78 is 18.8. The van der Waals surface area contributed by atoms with Crippen molar-refractivity contribution >= 4 is 12.6 Å². The Morgan fingerprint density at radius 2 is 1.65 bits per heavy atom. The van der Waals surface area contributed by atoms with E-state index in [1.54, 1.807) is 24.3 Å². The van der Waals surface area contributed by atoms with Crippen molar-refractivity contribution in [2.24, 2.45) is 0 Å². The summed E-state index contributed by atoms with van der Waals surface area (Å²) in [7, 11) is -1.91. The fraction of sp³-hybridized carbons (Fsp3) is 0. The minimum absolute atomic E-state index is 0.0891. The summed E-state index contributed by atoms with van der Waals surface area (Å²) in [6, 6.07) is 12.8. The van der Waals surface area contributed by atoms with Crippen molar-refractivity contribution in [3.8, 4) is 11.5 Å². The van der Waals surface area contributed by atoms with E-state index in [9.17, 15) is 4.39 Å². The van der Waals surface area contributed by atoms with E-state index in [4.69, 9.17) is 14.8 Å². The van der Waals surface area contributed by atoms with Gasteiger partial charge in [-0.15, -0.1) is 0 Å². The van der Waals surface area contributed by atoms with Crippen LogP contribution < -0.4 is 10.2 Å². The second-order valence-corrected chi connectivity index (χ2v) is 3.44. The normalized spacial score (nSPS) is 10.1. The first-order valence-corrected chi connectivity index (χ1v) is 5.06. The first kappa shape index (κ1) is 11.6. The van der Waals surface area contributed by atoms with E-state index in [2.05, 4.69) is 0 Å². The van der Waals surface area contributed by atoms with Gasteiger partial charge in [-0.1, -0.05) is 24.3 Å².